The number of rotatable bonds is 3. The standard InChI is InChI=1S/C15H25N3/c1-4-15(5-2)6-8-18(9-7-15)14-12(3)10-13(16)11-17-14/h10-11H,4-9,16H2,1-3H3. The van der Waals surface area contributed by atoms with Crippen LogP contribution in [0.2, 0.25) is 0 Å². The Morgan fingerprint density at radius 3 is 2.39 bits per heavy atom. The normalized spacial score (nSPS) is 18.9. The van der Waals surface area contributed by atoms with E-state index in [1.165, 1.54) is 31.2 Å². The van der Waals surface area contributed by atoms with Gasteiger partial charge in [-0.15, -0.1) is 0 Å². The number of piperidine rings is 1. The van der Waals surface area contributed by atoms with Crippen LogP contribution in [-0.2, 0) is 0 Å². The van der Waals surface area contributed by atoms with Gasteiger partial charge in [0.2, 0.25) is 0 Å². The molecule has 1 aromatic rings. The Hall–Kier alpha value is -1.25. The fourth-order valence-corrected chi connectivity index (χ4v) is 3.07. The maximum atomic E-state index is 5.76. The topological polar surface area (TPSA) is 42.2 Å². The van der Waals surface area contributed by atoms with Gasteiger partial charge in [-0.1, -0.05) is 26.7 Å². The number of aryl methyl sites for hydroxylation is 1. The van der Waals surface area contributed by atoms with Crippen molar-refractivity contribution in [1.29, 1.82) is 0 Å². The Labute approximate surface area is 110 Å². The summed E-state index contributed by atoms with van der Waals surface area (Å²) < 4.78 is 0. The molecule has 1 saturated heterocycles. The van der Waals surface area contributed by atoms with Crippen molar-refractivity contribution in [2.45, 2.75) is 46.5 Å². The van der Waals surface area contributed by atoms with Crippen molar-refractivity contribution in [2.24, 2.45) is 5.41 Å². The molecule has 0 unspecified atom stereocenters. The monoisotopic (exact) mass is 247 g/mol. The fraction of sp³-hybridized carbons (Fsp3) is 0.667. The van der Waals surface area contributed by atoms with E-state index in [4.69, 9.17) is 5.73 Å². The van der Waals surface area contributed by atoms with Gasteiger partial charge in [0.1, 0.15) is 5.82 Å². The van der Waals surface area contributed by atoms with E-state index in [0.29, 0.717) is 5.41 Å². The lowest BCUT2D eigenvalue weighted by molar-refractivity contribution is 0.199. The Kier molecular flexibility index (Phi) is 3.79. The van der Waals surface area contributed by atoms with Crippen molar-refractivity contribution in [3.8, 4) is 0 Å². The molecule has 2 N–H and O–H groups in total. The molecule has 18 heavy (non-hydrogen) atoms. The number of nitrogen functional groups attached to an aromatic ring is 1. The summed E-state index contributed by atoms with van der Waals surface area (Å²) in [7, 11) is 0. The zero-order valence-corrected chi connectivity index (χ0v) is 11.9. The molecule has 0 amide bonds. The van der Waals surface area contributed by atoms with Crippen LogP contribution in [-0.4, -0.2) is 18.1 Å². The molecule has 3 heteroatoms. The van der Waals surface area contributed by atoms with Crippen LogP contribution in [0.1, 0.15) is 45.1 Å². The van der Waals surface area contributed by atoms with Gasteiger partial charge >= 0.3 is 0 Å². The van der Waals surface area contributed by atoms with E-state index in [0.717, 1.165) is 24.6 Å². The number of anilines is 2. The molecule has 1 aliphatic rings. The molecule has 1 fully saturated rings. The molecule has 0 saturated carbocycles. The molecule has 0 spiro atoms. The lowest BCUT2D eigenvalue weighted by Gasteiger charge is -2.41. The summed E-state index contributed by atoms with van der Waals surface area (Å²) in [5.41, 5.74) is 8.27. The number of nitrogens with two attached hydrogens (primary N) is 1. The summed E-state index contributed by atoms with van der Waals surface area (Å²) in [4.78, 5) is 6.92. The molecule has 0 aromatic carbocycles. The maximum absolute atomic E-state index is 5.76. The molecule has 2 heterocycles. The highest BCUT2D eigenvalue weighted by molar-refractivity contribution is 5.52. The van der Waals surface area contributed by atoms with E-state index in [2.05, 4.69) is 30.7 Å². The lowest BCUT2D eigenvalue weighted by atomic mass is 9.74. The molecule has 2 rings (SSSR count). The van der Waals surface area contributed by atoms with E-state index >= 15 is 0 Å². The summed E-state index contributed by atoms with van der Waals surface area (Å²) in [6.45, 7) is 9.00. The second kappa shape index (κ2) is 5.17. The number of aromatic nitrogens is 1. The van der Waals surface area contributed by atoms with E-state index in [9.17, 15) is 0 Å². The van der Waals surface area contributed by atoms with Crippen LogP contribution in [0.15, 0.2) is 12.3 Å². The highest BCUT2D eigenvalue weighted by atomic mass is 15.2. The molecular formula is C15H25N3. The van der Waals surface area contributed by atoms with Crippen LogP contribution in [0.3, 0.4) is 0 Å². The Morgan fingerprint density at radius 1 is 1.28 bits per heavy atom. The third-order valence-corrected chi connectivity index (χ3v) is 4.70. The van der Waals surface area contributed by atoms with Crippen molar-refractivity contribution in [3.05, 3.63) is 17.8 Å². The fourth-order valence-electron chi connectivity index (χ4n) is 3.07. The van der Waals surface area contributed by atoms with E-state index < -0.39 is 0 Å². The molecule has 3 nitrogen and oxygen atoms in total. The third-order valence-electron chi connectivity index (χ3n) is 4.70. The Balaban J connectivity index is 2.10. The lowest BCUT2D eigenvalue weighted by Crippen LogP contribution is -2.40. The predicted molar refractivity (Wildman–Crippen MR) is 77.8 cm³/mol. The second-order valence-corrected chi connectivity index (χ2v) is 5.60. The van der Waals surface area contributed by atoms with Crippen LogP contribution >= 0.6 is 0 Å². The molecular weight excluding hydrogens is 222 g/mol. The van der Waals surface area contributed by atoms with Crippen molar-refractivity contribution in [1.82, 2.24) is 4.98 Å². The van der Waals surface area contributed by atoms with Gasteiger partial charge in [-0.3, -0.25) is 0 Å². The average molecular weight is 247 g/mol. The number of nitrogens with zero attached hydrogens (tertiary/aromatic N) is 2. The molecule has 100 valence electrons. The SMILES string of the molecule is CCC1(CC)CCN(c2ncc(N)cc2C)CC1. The third kappa shape index (κ3) is 2.45. The zero-order valence-electron chi connectivity index (χ0n) is 11.9. The molecule has 0 aliphatic carbocycles. The first kappa shape index (κ1) is 13.2. The second-order valence-electron chi connectivity index (χ2n) is 5.60. The number of pyridine rings is 1. The maximum Gasteiger partial charge on any atom is 0.131 e. The Bertz CT molecular complexity index is 400. The summed E-state index contributed by atoms with van der Waals surface area (Å²) in [6.07, 6.45) is 6.93. The predicted octanol–water partition coefficient (Wildman–Crippen LogP) is 3.38. The van der Waals surface area contributed by atoms with Crippen LogP contribution in [0, 0.1) is 12.3 Å². The summed E-state index contributed by atoms with van der Waals surface area (Å²) in [5.74, 6) is 1.12. The van der Waals surface area contributed by atoms with Gasteiger partial charge in [0, 0.05) is 13.1 Å². The van der Waals surface area contributed by atoms with Crippen LogP contribution < -0.4 is 10.6 Å². The van der Waals surface area contributed by atoms with Crippen molar-refractivity contribution >= 4 is 11.5 Å². The largest absolute Gasteiger partial charge is 0.397 e. The molecule has 1 aromatic heterocycles. The highest BCUT2D eigenvalue weighted by Crippen LogP contribution is 2.39. The average Bonchev–Trinajstić information content (AvgIpc) is 2.39. The van der Waals surface area contributed by atoms with Gasteiger partial charge in [0.05, 0.1) is 11.9 Å². The van der Waals surface area contributed by atoms with Crippen LogP contribution in [0.5, 0.6) is 0 Å². The quantitative estimate of drug-likeness (QED) is 0.890. The van der Waals surface area contributed by atoms with E-state index in [1.54, 1.807) is 6.20 Å². The zero-order chi connectivity index (χ0) is 13.2. The summed E-state index contributed by atoms with van der Waals surface area (Å²) in [5, 5.41) is 0. The van der Waals surface area contributed by atoms with E-state index in [1.807, 2.05) is 6.07 Å². The highest BCUT2D eigenvalue weighted by Gasteiger charge is 2.31. The van der Waals surface area contributed by atoms with Crippen molar-refractivity contribution < 1.29 is 0 Å². The van der Waals surface area contributed by atoms with Crippen LogP contribution in [0.25, 0.3) is 0 Å². The number of hydrogen-bond donors (Lipinski definition) is 1. The van der Waals surface area contributed by atoms with Crippen LogP contribution in [0.4, 0.5) is 11.5 Å². The van der Waals surface area contributed by atoms with E-state index in [-0.39, 0.29) is 0 Å². The first-order valence-electron chi connectivity index (χ1n) is 7.07. The van der Waals surface area contributed by atoms with Crippen molar-refractivity contribution in [2.75, 3.05) is 23.7 Å². The minimum Gasteiger partial charge on any atom is -0.397 e. The van der Waals surface area contributed by atoms with Gasteiger partial charge in [0.15, 0.2) is 0 Å². The number of hydrogen-bond acceptors (Lipinski definition) is 3. The molecule has 0 atom stereocenters. The first-order valence-corrected chi connectivity index (χ1v) is 7.07. The molecule has 1 aliphatic heterocycles. The smallest absolute Gasteiger partial charge is 0.131 e. The van der Waals surface area contributed by atoms with Gasteiger partial charge in [0.25, 0.3) is 0 Å². The molecule has 0 radical (unpaired) electrons. The minimum atomic E-state index is 0.568. The first-order chi connectivity index (χ1) is 8.60. The Morgan fingerprint density at radius 2 is 1.89 bits per heavy atom. The molecule has 0 bridgehead atoms. The van der Waals surface area contributed by atoms with Gasteiger partial charge in [-0.2, -0.15) is 0 Å². The van der Waals surface area contributed by atoms with Gasteiger partial charge < -0.3 is 10.6 Å². The van der Waals surface area contributed by atoms with Gasteiger partial charge in [-0.05, 0) is 36.8 Å². The summed E-state index contributed by atoms with van der Waals surface area (Å²) >= 11 is 0. The summed E-state index contributed by atoms with van der Waals surface area (Å²) in [6, 6.07) is 2.02. The minimum absolute atomic E-state index is 0.568. The van der Waals surface area contributed by atoms with Gasteiger partial charge in [-0.25, -0.2) is 4.98 Å². The van der Waals surface area contributed by atoms with Crippen molar-refractivity contribution in [3.63, 3.8) is 0 Å².